The van der Waals surface area contributed by atoms with E-state index in [1.807, 2.05) is 7.05 Å². The Hall–Kier alpha value is -10.2. The van der Waals surface area contributed by atoms with Crippen molar-refractivity contribution < 1.29 is 155 Å². The monoisotopic (exact) mass is 1860 g/mol. The van der Waals surface area contributed by atoms with Crippen molar-refractivity contribution in [1.29, 1.82) is 0 Å². The number of hydrogen-bond acceptors (Lipinski definition) is 27. The molecule has 0 bridgehead atoms. The first kappa shape index (κ1) is 126. The molecule has 42 heteroatoms. The summed E-state index contributed by atoms with van der Waals surface area (Å²) in [5.41, 5.74) is 0. The van der Waals surface area contributed by atoms with E-state index in [1.54, 1.807) is 0 Å². The predicted octanol–water partition coefficient (Wildman–Crippen LogP) is 7.44. The lowest BCUT2D eigenvalue weighted by molar-refractivity contribution is -0.140. The zero-order chi connectivity index (χ0) is 97.2. The van der Waals surface area contributed by atoms with Crippen molar-refractivity contribution in [3.63, 3.8) is 0 Å². The molecule has 0 rings (SSSR count). The molecule has 2 unspecified atom stereocenters. The number of carboxylic acids is 6. The third kappa shape index (κ3) is 81.1. The second kappa shape index (κ2) is 85.6. The molecular formula is C88H154N10O32. The lowest BCUT2D eigenvalue weighted by atomic mass is 10.0. The highest BCUT2D eigenvalue weighted by atomic mass is 16.5. The molecule has 0 radical (unpaired) electrons. The van der Waals surface area contributed by atoms with Gasteiger partial charge in [-0.15, -0.1) is 0 Å². The van der Waals surface area contributed by atoms with E-state index in [0.717, 1.165) is 90.0 Å². The molecule has 0 saturated heterocycles. The molecule has 0 heterocycles. The molecule has 8 atom stereocenters. The normalized spacial score (nSPS) is 12.5. The van der Waals surface area contributed by atoms with Gasteiger partial charge in [-0.3, -0.25) is 67.1 Å². The summed E-state index contributed by atoms with van der Waals surface area (Å²) in [6.45, 7) is 13.1. The van der Waals surface area contributed by atoms with Gasteiger partial charge >= 0.3 is 53.9 Å². The molecule has 9 amide bonds. The molecule has 0 aliphatic rings. The van der Waals surface area contributed by atoms with Gasteiger partial charge < -0.3 is 112 Å². The number of aliphatic carboxylic acids is 6. The second-order valence-electron chi connectivity index (χ2n) is 31.1. The summed E-state index contributed by atoms with van der Waals surface area (Å²) in [6.07, 6.45) is 18.7. The fourth-order valence-corrected chi connectivity index (χ4v) is 12.3. The van der Waals surface area contributed by atoms with Crippen LogP contribution in [-0.2, 0) is 110 Å². The van der Waals surface area contributed by atoms with Crippen LogP contribution in [0.2, 0.25) is 0 Å². The van der Waals surface area contributed by atoms with Gasteiger partial charge in [-0.2, -0.15) is 0 Å². The number of unbranched alkanes of at least 4 members (excludes halogenated alkanes) is 15. The Morgan fingerprint density at radius 3 is 0.923 bits per heavy atom. The van der Waals surface area contributed by atoms with Gasteiger partial charge in [0.1, 0.15) is 55.1 Å². The summed E-state index contributed by atoms with van der Waals surface area (Å²) in [6, 6.07) is -9.34. The number of ketones is 6. The van der Waals surface area contributed by atoms with Gasteiger partial charge in [0.05, 0.1) is 51.2 Å². The molecule has 0 aliphatic carbocycles. The fourth-order valence-electron chi connectivity index (χ4n) is 12.3. The second-order valence-corrected chi connectivity index (χ2v) is 31.1. The topological polar surface area (TPSA) is 638 Å². The van der Waals surface area contributed by atoms with Crippen LogP contribution in [0, 0.1) is 0 Å². The number of ether oxygens (including phenoxy) is 6. The lowest BCUT2D eigenvalue weighted by Crippen LogP contribution is -2.50. The van der Waals surface area contributed by atoms with Crippen LogP contribution in [0.15, 0.2) is 0 Å². The van der Waals surface area contributed by atoms with E-state index in [2.05, 4.69) is 67.0 Å². The van der Waals surface area contributed by atoms with Crippen LogP contribution in [0.4, 0.5) is 14.4 Å². The maximum atomic E-state index is 12.4. The Balaban J connectivity index is -0.000000937. The Labute approximate surface area is 764 Å². The maximum absolute atomic E-state index is 12.4. The SMILES string of the molecule is C.CCCCCCC(CC(=O)CCCCCCC(=O)NCCCC[C@H](NC(=O)N[C@@H](CCC(=O)O)C(C)=O)C(=O)O)OC=O.CCCCOCCOCC(=O)NCCCC[C@H](NC(=O)N[C@@H](CCC(=O)O)C(C)=O)C(=O)O.CNCCOCCOCC(=O)CCCCCC(CC(=O)CCCCCCC(=O)NCCCC[C@H](NC(=O)N[C@@H](CCC(=O)O)C(C)=O)C(=O)O)OC=O. The third-order valence-electron chi connectivity index (χ3n) is 19.7. The van der Waals surface area contributed by atoms with Crippen molar-refractivity contribution >= 4 is 119 Å². The van der Waals surface area contributed by atoms with Crippen molar-refractivity contribution in [3.8, 4) is 0 Å². The molecule has 0 aromatic carbocycles. The first-order chi connectivity index (χ1) is 61.5. The van der Waals surface area contributed by atoms with Crippen molar-refractivity contribution in [1.82, 2.24) is 53.2 Å². The molecule has 0 aliphatic heterocycles. The van der Waals surface area contributed by atoms with Gasteiger partial charge in [0.2, 0.25) is 17.7 Å². The molecule has 16 N–H and O–H groups in total. The molecule has 130 heavy (non-hydrogen) atoms. The van der Waals surface area contributed by atoms with E-state index < -0.39 is 114 Å². The minimum absolute atomic E-state index is 0. The summed E-state index contributed by atoms with van der Waals surface area (Å²) < 4.78 is 31.3. The first-order valence-electron chi connectivity index (χ1n) is 45.1. The van der Waals surface area contributed by atoms with E-state index >= 15 is 0 Å². The van der Waals surface area contributed by atoms with Crippen LogP contribution in [0.25, 0.3) is 0 Å². The third-order valence-corrected chi connectivity index (χ3v) is 19.7. The number of rotatable bonds is 85. The Kier molecular flexibility index (Phi) is 83.0. The highest BCUT2D eigenvalue weighted by Gasteiger charge is 2.28. The number of carbonyl (C=O) groups excluding carboxylic acids is 14. The fraction of sp³-hybridized carbons (Fsp3) is 0.773. The molecule has 0 spiro atoms. The molecule has 0 saturated carbocycles. The van der Waals surface area contributed by atoms with E-state index in [1.165, 1.54) is 20.8 Å². The van der Waals surface area contributed by atoms with Crippen LogP contribution in [-0.4, -0.2) is 284 Å². The van der Waals surface area contributed by atoms with Crippen molar-refractivity contribution in [2.24, 2.45) is 0 Å². The standard InChI is InChI=1S/C36H62N4O13.C30H51N3O10.C21H37N3O9.CH4/c1-27(42)31(17-18-34(46)47)39-36(50)40-32(35(48)49)15-10-11-19-38-33(45)16-9-4-3-6-12-28(43)24-30(53-26-41)14-8-5-7-13-29(44)25-52-23-22-51-21-20-37-2;1-3-4-5-9-14-24(43-21-34)20-23(36)13-8-6-7-10-16-27(37)31-19-12-11-15-26(29(40)41)33-30(42)32-25(22(2)35)17-18-28(38)39;1-3-4-11-32-12-13-33-14-18(26)22-10-6-5-7-17(20(29)30)24-21(31)23-16(15(2)25)8-9-19(27)28;/h26,30-32,37H,3-25H2,1-2H3,(H,38,45)(H,46,47)(H,48,49)(H2,39,40,50);21,24-26H,3-20H2,1-2H3,(H,31,37)(H,38,39)(H,40,41)(H2,32,33,42);16-17H,3-14H2,1-2H3,(H,22,26)(H,27,28)(H,29,30)(H2,23,24,31);1H4/t30?,31-,32-;24?,25-,26-;16-,17-;/m000./s1. The molecule has 42 nitrogen and oxygen atoms in total. The quantitative estimate of drug-likeness (QED) is 0.0208. The molecule has 0 aromatic heterocycles. The van der Waals surface area contributed by atoms with Gasteiger partial charge in [0, 0.05) is 97.0 Å². The molecule has 748 valence electrons. The van der Waals surface area contributed by atoms with Crippen LogP contribution >= 0.6 is 0 Å². The average Bonchev–Trinajstić information content (AvgIpc) is 0.906. The number of carboxylic acid groups (broad SMARTS) is 6. The van der Waals surface area contributed by atoms with Gasteiger partial charge in [-0.25, -0.2) is 28.8 Å². The summed E-state index contributed by atoms with van der Waals surface area (Å²) in [4.78, 5) is 232. The molecule has 0 fully saturated rings. The summed E-state index contributed by atoms with van der Waals surface area (Å²) >= 11 is 0. The summed E-state index contributed by atoms with van der Waals surface area (Å²) in [7, 11) is 1.84. The minimum atomic E-state index is -1.26. The van der Waals surface area contributed by atoms with E-state index in [0.29, 0.717) is 181 Å². The zero-order valence-corrected chi connectivity index (χ0v) is 76.5. The summed E-state index contributed by atoms with van der Waals surface area (Å²) in [5.74, 6) is -8.84. The van der Waals surface area contributed by atoms with Crippen molar-refractivity contribution in [3.05, 3.63) is 0 Å². The van der Waals surface area contributed by atoms with Crippen molar-refractivity contribution in [2.45, 2.75) is 354 Å². The minimum Gasteiger partial charge on any atom is -0.481 e. The van der Waals surface area contributed by atoms with Gasteiger partial charge in [-0.05, 0) is 169 Å². The highest BCUT2D eigenvalue weighted by Crippen LogP contribution is 2.18. The van der Waals surface area contributed by atoms with E-state index in [9.17, 15) is 111 Å². The van der Waals surface area contributed by atoms with Crippen LogP contribution < -0.4 is 53.2 Å². The Morgan fingerprint density at radius 1 is 0.292 bits per heavy atom. The molecular weight excluding hydrogens is 1710 g/mol. The number of nitrogens with one attached hydrogen (secondary N) is 10. The highest BCUT2D eigenvalue weighted by molar-refractivity contribution is 5.91. The number of Topliss-reactive ketones (excluding diaryl/α,β-unsaturated/α-hetero) is 6. The van der Waals surface area contributed by atoms with E-state index in [4.69, 9.17) is 43.7 Å². The van der Waals surface area contributed by atoms with Gasteiger partial charge in [0.25, 0.3) is 12.9 Å². The van der Waals surface area contributed by atoms with Crippen molar-refractivity contribution in [2.75, 3.05) is 86.1 Å². The molecule has 0 aromatic rings. The van der Waals surface area contributed by atoms with Crippen LogP contribution in [0.3, 0.4) is 0 Å². The maximum Gasteiger partial charge on any atom is 0.326 e. The zero-order valence-electron chi connectivity index (χ0n) is 76.5. The number of carbonyl (C=O) groups is 20. The first-order valence-corrected chi connectivity index (χ1v) is 45.1. The van der Waals surface area contributed by atoms with Crippen LogP contribution in [0.1, 0.15) is 305 Å². The lowest BCUT2D eigenvalue weighted by Gasteiger charge is -2.19. The summed E-state index contributed by atoms with van der Waals surface area (Å²) in [5, 5.41) is 79.4. The largest absolute Gasteiger partial charge is 0.481 e. The number of hydrogen-bond donors (Lipinski definition) is 16. The predicted molar refractivity (Wildman–Crippen MR) is 476 cm³/mol. The smallest absolute Gasteiger partial charge is 0.326 e. The number of amides is 9. The van der Waals surface area contributed by atoms with Gasteiger partial charge in [0.15, 0.2) is 23.1 Å². The van der Waals surface area contributed by atoms with Crippen LogP contribution in [0.5, 0.6) is 0 Å². The van der Waals surface area contributed by atoms with Gasteiger partial charge in [-0.1, -0.05) is 79.1 Å². The van der Waals surface area contributed by atoms with E-state index in [-0.39, 0.29) is 132 Å². The Morgan fingerprint density at radius 2 is 0.592 bits per heavy atom. The Bertz CT molecular complexity index is 3260. The average molecular weight is 1860 g/mol. The number of urea groups is 3. The number of likely N-dealkylation sites (N-methyl/N-ethyl adjacent to an activating group) is 1.